The van der Waals surface area contributed by atoms with Crippen molar-refractivity contribution in [3.05, 3.63) is 12.4 Å². The molecule has 0 unspecified atom stereocenters. The van der Waals surface area contributed by atoms with Crippen molar-refractivity contribution in [2.24, 2.45) is 5.41 Å². The minimum Gasteiger partial charge on any atom is -0.357 e. The van der Waals surface area contributed by atoms with Gasteiger partial charge in [-0.2, -0.15) is 0 Å². The second-order valence-electron chi connectivity index (χ2n) is 4.67. The molecule has 0 atom stereocenters. The van der Waals surface area contributed by atoms with E-state index in [1.54, 1.807) is 7.05 Å². The fraction of sp³-hybridized carbons (Fsp3) is 0.636. The molecule has 0 radical (unpaired) electrons. The van der Waals surface area contributed by atoms with Crippen molar-refractivity contribution in [3.63, 3.8) is 0 Å². The van der Waals surface area contributed by atoms with Gasteiger partial charge in [-0.05, 0) is 24.7 Å². The second kappa shape index (κ2) is 4.81. The van der Waals surface area contributed by atoms with Crippen LogP contribution < -0.4 is 10.0 Å². The fourth-order valence-corrected chi connectivity index (χ4v) is 2.79. The maximum atomic E-state index is 12.0. The molecule has 0 spiro atoms. The summed E-state index contributed by atoms with van der Waals surface area (Å²) in [6.45, 7) is 2.59. The quantitative estimate of drug-likeness (QED) is 0.805. The maximum Gasteiger partial charge on any atom is 0.243 e. The van der Waals surface area contributed by atoms with E-state index in [1.807, 2.05) is 0 Å². The molecule has 0 bridgehead atoms. The Morgan fingerprint density at radius 1 is 1.33 bits per heavy atom. The average molecular weight is 270 g/mol. The van der Waals surface area contributed by atoms with Gasteiger partial charge in [0.1, 0.15) is 4.90 Å². The van der Waals surface area contributed by atoms with Crippen molar-refractivity contribution >= 4 is 16.0 Å². The summed E-state index contributed by atoms with van der Waals surface area (Å²) >= 11 is 0. The van der Waals surface area contributed by atoms with Crippen molar-refractivity contribution in [1.82, 2.24) is 14.7 Å². The van der Waals surface area contributed by atoms with Crippen molar-refractivity contribution < 1.29 is 8.42 Å². The zero-order valence-corrected chi connectivity index (χ0v) is 11.4. The molecule has 1 heterocycles. The molecule has 0 saturated heterocycles. The molecular weight excluding hydrogens is 252 g/mol. The van der Waals surface area contributed by atoms with Crippen LogP contribution in [0.3, 0.4) is 0 Å². The van der Waals surface area contributed by atoms with Crippen molar-refractivity contribution in [2.75, 3.05) is 18.9 Å². The molecule has 1 saturated carbocycles. The fourth-order valence-electron chi connectivity index (χ4n) is 1.75. The number of nitrogens with one attached hydrogen (secondary N) is 2. The molecule has 0 amide bonds. The van der Waals surface area contributed by atoms with Gasteiger partial charge < -0.3 is 5.32 Å². The van der Waals surface area contributed by atoms with E-state index < -0.39 is 10.0 Å². The van der Waals surface area contributed by atoms with Gasteiger partial charge in [0.25, 0.3) is 0 Å². The summed E-state index contributed by atoms with van der Waals surface area (Å²) in [5, 5.41) is 2.74. The van der Waals surface area contributed by atoms with Crippen molar-refractivity contribution in [1.29, 1.82) is 0 Å². The average Bonchev–Trinajstić information content (AvgIpc) is 3.17. The minimum absolute atomic E-state index is 0.105. The third-order valence-electron chi connectivity index (χ3n) is 3.51. The smallest absolute Gasteiger partial charge is 0.243 e. The summed E-state index contributed by atoms with van der Waals surface area (Å²) in [5.41, 5.74) is 0.179. The second-order valence-corrected chi connectivity index (χ2v) is 6.44. The van der Waals surface area contributed by atoms with E-state index in [9.17, 15) is 8.42 Å². The molecule has 1 aromatic rings. The van der Waals surface area contributed by atoms with Gasteiger partial charge in [0.2, 0.25) is 16.0 Å². The predicted octanol–water partition coefficient (Wildman–Crippen LogP) is 0.987. The Balaban J connectivity index is 2.05. The van der Waals surface area contributed by atoms with E-state index in [0.717, 1.165) is 19.3 Å². The van der Waals surface area contributed by atoms with Crippen LogP contribution in [0.4, 0.5) is 5.95 Å². The van der Waals surface area contributed by atoms with Crippen LogP contribution in [-0.4, -0.2) is 32.0 Å². The first kappa shape index (κ1) is 13.2. The summed E-state index contributed by atoms with van der Waals surface area (Å²) in [5.74, 6) is 0.404. The SMILES string of the molecule is CCC1(CNS(=O)(=O)c2cnc(NC)nc2)CC1. The molecule has 18 heavy (non-hydrogen) atoms. The van der Waals surface area contributed by atoms with E-state index in [0.29, 0.717) is 12.5 Å². The van der Waals surface area contributed by atoms with Gasteiger partial charge in [-0.3, -0.25) is 0 Å². The predicted molar refractivity (Wildman–Crippen MR) is 68.7 cm³/mol. The lowest BCUT2D eigenvalue weighted by Gasteiger charge is -2.13. The lowest BCUT2D eigenvalue weighted by Crippen LogP contribution is -2.30. The summed E-state index contributed by atoms with van der Waals surface area (Å²) in [6.07, 6.45) is 5.83. The Bertz CT molecular complexity index is 508. The molecule has 6 nitrogen and oxygen atoms in total. The molecular formula is C11H18N4O2S. The Hall–Kier alpha value is -1.21. The van der Waals surface area contributed by atoms with Gasteiger partial charge in [0.05, 0.1) is 12.4 Å². The first-order chi connectivity index (χ1) is 8.51. The molecule has 7 heteroatoms. The van der Waals surface area contributed by atoms with Gasteiger partial charge in [-0.25, -0.2) is 23.1 Å². The highest BCUT2D eigenvalue weighted by Crippen LogP contribution is 2.48. The van der Waals surface area contributed by atoms with Crippen molar-refractivity contribution in [3.8, 4) is 0 Å². The molecule has 2 N–H and O–H groups in total. The van der Waals surface area contributed by atoms with E-state index in [1.165, 1.54) is 12.4 Å². The minimum atomic E-state index is -3.49. The van der Waals surface area contributed by atoms with E-state index in [-0.39, 0.29) is 10.3 Å². The van der Waals surface area contributed by atoms with Crippen LogP contribution >= 0.6 is 0 Å². The zero-order valence-electron chi connectivity index (χ0n) is 10.6. The first-order valence-corrected chi connectivity index (χ1v) is 7.49. The summed E-state index contributed by atoms with van der Waals surface area (Å²) in [4.78, 5) is 7.91. The van der Waals surface area contributed by atoms with E-state index in [2.05, 4.69) is 26.9 Å². The van der Waals surface area contributed by atoms with Crippen LogP contribution in [0.25, 0.3) is 0 Å². The number of hydrogen-bond donors (Lipinski definition) is 2. The normalized spacial score (nSPS) is 17.4. The molecule has 1 aliphatic rings. The Kier molecular flexibility index (Phi) is 3.54. The first-order valence-electron chi connectivity index (χ1n) is 6.01. The Morgan fingerprint density at radius 3 is 2.39 bits per heavy atom. The summed E-state index contributed by atoms with van der Waals surface area (Å²) < 4.78 is 26.7. The third kappa shape index (κ3) is 2.78. The van der Waals surface area contributed by atoms with E-state index in [4.69, 9.17) is 0 Å². The molecule has 1 fully saturated rings. The van der Waals surface area contributed by atoms with Crippen LogP contribution in [0.1, 0.15) is 26.2 Å². The molecule has 2 rings (SSSR count). The van der Waals surface area contributed by atoms with Crippen LogP contribution in [-0.2, 0) is 10.0 Å². The molecule has 100 valence electrons. The van der Waals surface area contributed by atoms with Gasteiger partial charge in [0, 0.05) is 13.6 Å². The van der Waals surface area contributed by atoms with Crippen LogP contribution in [0.2, 0.25) is 0 Å². The van der Waals surface area contributed by atoms with Crippen LogP contribution in [0.5, 0.6) is 0 Å². The summed E-state index contributed by atoms with van der Waals surface area (Å²) in [6, 6.07) is 0. The van der Waals surface area contributed by atoms with Crippen LogP contribution in [0, 0.1) is 5.41 Å². The topological polar surface area (TPSA) is 84.0 Å². The number of nitrogens with zero attached hydrogens (tertiary/aromatic N) is 2. The number of hydrogen-bond acceptors (Lipinski definition) is 5. The van der Waals surface area contributed by atoms with Gasteiger partial charge in [-0.15, -0.1) is 0 Å². The lowest BCUT2D eigenvalue weighted by atomic mass is 10.1. The van der Waals surface area contributed by atoms with Crippen LogP contribution in [0.15, 0.2) is 17.3 Å². The van der Waals surface area contributed by atoms with Gasteiger partial charge in [-0.1, -0.05) is 6.92 Å². The number of anilines is 1. The molecule has 0 aromatic carbocycles. The number of aromatic nitrogens is 2. The maximum absolute atomic E-state index is 12.0. The molecule has 0 aliphatic heterocycles. The largest absolute Gasteiger partial charge is 0.357 e. The highest BCUT2D eigenvalue weighted by molar-refractivity contribution is 7.89. The highest BCUT2D eigenvalue weighted by Gasteiger charge is 2.41. The standard InChI is InChI=1S/C11H18N4O2S/c1-3-11(4-5-11)8-15-18(16,17)9-6-13-10(12-2)14-7-9/h6-7,15H,3-5,8H2,1-2H3,(H,12,13,14). The lowest BCUT2D eigenvalue weighted by molar-refractivity contribution is 0.475. The third-order valence-corrected chi connectivity index (χ3v) is 4.86. The van der Waals surface area contributed by atoms with Gasteiger partial charge >= 0.3 is 0 Å². The van der Waals surface area contributed by atoms with Gasteiger partial charge in [0.15, 0.2) is 0 Å². The van der Waals surface area contributed by atoms with E-state index >= 15 is 0 Å². The highest BCUT2D eigenvalue weighted by atomic mass is 32.2. The summed E-state index contributed by atoms with van der Waals surface area (Å²) in [7, 11) is -1.81. The Morgan fingerprint density at radius 2 is 1.94 bits per heavy atom. The molecule has 1 aliphatic carbocycles. The molecule has 1 aromatic heterocycles. The zero-order chi connectivity index (χ0) is 13.2. The Labute approximate surface area is 107 Å². The number of sulfonamides is 1. The number of rotatable bonds is 6. The monoisotopic (exact) mass is 270 g/mol. The van der Waals surface area contributed by atoms with Crippen molar-refractivity contribution in [2.45, 2.75) is 31.1 Å².